The lowest BCUT2D eigenvalue weighted by Crippen LogP contribution is -1.98. The number of aromatic nitrogens is 5. The Morgan fingerprint density at radius 2 is 1.48 bits per heavy atom. The van der Waals surface area contributed by atoms with Gasteiger partial charge < -0.3 is 4.74 Å². The van der Waals surface area contributed by atoms with Crippen LogP contribution in [0.5, 0.6) is 5.75 Å². The van der Waals surface area contributed by atoms with Crippen LogP contribution in [0, 0.1) is 0 Å². The fraction of sp³-hybridized carbons (Fsp3) is 0.0370. The Morgan fingerprint density at radius 1 is 0.727 bits per heavy atom. The highest BCUT2D eigenvalue weighted by Crippen LogP contribution is 2.19. The standard InChI is InChI=1S/C27H21N5O/c1-2-10-26-23(8-1)14-15-24(28-26)19-33-25-9-4-7-22(18-25)12-11-20-5-3-6-21(17-20)13-16-27-29-31-32-30-27/h1-18H,19H2,(H,29,30,31,32). The normalized spacial score (nSPS) is 11.5. The number of hydrogen-bond acceptors (Lipinski definition) is 5. The maximum atomic E-state index is 6.00. The number of rotatable bonds is 7. The minimum absolute atomic E-state index is 0.423. The van der Waals surface area contributed by atoms with Crippen molar-refractivity contribution in [1.29, 1.82) is 0 Å². The van der Waals surface area contributed by atoms with Gasteiger partial charge >= 0.3 is 0 Å². The summed E-state index contributed by atoms with van der Waals surface area (Å²) in [7, 11) is 0. The molecule has 2 aromatic heterocycles. The quantitative estimate of drug-likeness (QED) is 0.336. The van der Waals surface area contributed by atoms with Crippen LogP contribution in [-0.4, -0.2) is 25.6 Å². The highest BCUT2D eigenvalue weighted by Gasteiger charge is 2.01. The van der Waals surface area contributed by atoms with Crippen molar-refractivity contribution in [3.8, 4) is 5.75 Å². The summed E-state index contributed by atoms with van der Waals surface area (Å²) in [6.07, 6.45) is 7.92. The molecule has 0 saturated carbocycles. The molecule has 0 amide bonds. The van der Waals surface area contributed by atoms with E-state index in [1.165, 1.54) is 0 Å². The highest BCUT2D eigenvalue weighted by molar-refractivity contribution is 5.78. The maximum absolute atomic E-state index is 6.00. The van der Waals surface area contributed by atoms with Gasteiger partial charge in [0, 0.05) is 5.39 Å². The zero-order chi connectivity index (χ0) is 22.3. The zero-order valence-electron chi connectivity index (χ0n) is 17.8. The predicted octanol–water partition coefficient (Wildman–Crippen LogP) is 5.67. The number of benzene rings is 3. The van der Waals surface area contributed by atoms with Gasteiger partial charge in [-0.1, -0.05) is 72.8 Å². The van der Waals surface area contributed by atoms with Crippen molar-refractivity contribution >= 4 is 35.2 Å². The second kappa shape index (κ2) is 9.70. The van der Waals surface area contributed by atoms with Crippen LogP contribution in [0.25, 0.3) is 35.2 Å². The first-order valence-corrected chi connectivity index (χ1v) is 10.6. The third-order valence-corrected chi connectivity index (χ3v) is 5.07. The van der Waals surface area contributed by atoms with Crippen molar-refractivity contribution in [3.63, 3.8) is 0 Å². The van der Waals surface area contributed by atoms with Crippen LogP contribution >= 0.6 is 0 Å². The Balaban J connectivity index is 1.25. The second-order valence-electron chi connectivity index (χ2n) is 7.46. The third-order valence-electron chi connectivity index (χ3n) is 5.07. The van der Waals surface area contributed by atoms with Crippen LogP contribution in [0.15, 0.2) is 84.9 Å². The molecule has 6 heteroatoms. The highest BCUT2D eigenvalue weighted by atomic mass is 16.5. The Kier molecular flexibility index (Phi) is 5.98. The van der Waals surface area contributed by atoms with Crippen molar-refractivity contribution in [2.24, 2.45) is 0 Å². The van der Waals surface area contributed by atoms with E-state index >= 15 is 0 Å². The van der Waals surface area contributed by atoms with Crippen LogP contribution in [0.2, 0.25) is 0 Å². The maximum Gasteiger partial charge on any atom is 0.197 e. The largest absolute Gasteiger partial charge is 0.487 e. The van der Waals surface area contributed by atoms with Gasteiger partial charge in [-0.05, 0) is 58.3 Å². The van der Waals surface area contributed by atoms with Gasteiger partial charge in [-0.15, -0.1) is 10.2 Å². The molecular weight excluding hydrogens is 410 g/mol. The van der Waals surface area contributed by atoms with E-state index in [0.29, 0.717) is 12.4 Å². The average Bonchev–Trinajstić information content (AvgIpc) is 3.39. The molecule has 0 aliphatic carbocycles. The molecule has 2 heterocycles. The molecular formula is C27H21N5O. The molecule has 6 nitrogen and oxygen atoms in total. The van der Waals surface area contributed by atoms with Gasteiger partial charge in [0.05, 0.1) is 11.2 Å². The van der Waals surface area contributed by atoms with Crippen molar-refractivity contribution < 1.29 is 4.74 Å². The fourth-order valence-electron chi connectivity index (χ4n) is 3.42. The number of para-hydroxylation sites is 1. The lowest BCUT2D eigenvalue weighted by molar-refractivity contribution is 0.302. The van der Waals surface area contributed by atoms with Crippen LogP contribution in [0.4, 0.5) is 0 Å². The SMILES string of the molecule is C(=Cc1cccc(OCc2ccc3ccccc3n2)c1)c1cccc(C=Cc2nn[nH]n2)c1. The third kappa shape index (κ3) is 5.37. The molecule has 5 aromatic rings. The number of ether oxygens (including phenoxy) is 1. The minimum Gasteiger partial charge on any atom is -0.487 e. The predicted molar refractivity (Wildman–Crippen MR) is 131 cm³/mol. The molecule has 0 spiro atoms. The van der Waals surface area contributed by atoms with Gasteiger partial charge in [-0.25, -0.2) is 4.98 Å². The zero-order valence-corrected chi connectivity index (χ0v) is 17.8. The number of hydrogen-bond donors (Lipinski definition) is 1. The summed E-state index contributed by atoms with van der Waals surface area (Å²) in [6, 6.07) is 28.4. The molecule has 0 radical (unpaired) electrons. The number of nitrogens with one attached hydrogen (secondary N) is 1. The molecule has 0 unspecified atom stereocenters. The fourth-order valence-corrected chi connectivity index (χ4v) is 3.42. The molecule has 0 atom stereocenters. The summed E-state index contributed by atoms with van der Waals surface area (Å²) < 4.78 is 6.00. The van der Waals surface area contributed by atoms with E-state index in [-0.39, 0.29) is 0 Å². The lowest BCUT2D eigenvalue weighted by atomic mass is 10.1. The van der Waals surface area contributed by atoms with Crippen LogP contribution in [0.3, 0.4) is 0 Å². The number of pyridine rings is 1. The van der Waals surface area contributed by atoms with Crippen LogP contribution in [-0.2, 0) is 6.61 Å². The van der Waals surface area contributed by atoms with Gasteiger partial charge in [0.25, 0.3) is 0 Å². The number of fused-ring (bicyclic) bond motifs is 1. The monoisotopic (exact) mass is 431 g/mol. The van der Waals surface area contributed by atoms with Crippen molar-refractivity contribution in [1.82, 2.24) is 25.6 Å². The van der Waals surface area contributed by atoms with Gasteiger partial charge in [0.2, 0.25) is 0 Å². The van der Waals surface area contributed by atoms with E-state index in [4.69, 9.17) is 4.74 Å². The van der Waals surface area contributed by atoms with Gasteiger partial charge in [-0.2, -0.15) is 5.21 Å². The van der Waals surface area contributed by atoms with Crippen LogP contribution < -0.4 is 4.74 Å². The molecule has 0 aliphatic rings. The van der Waals surface area contributed by atoms with Gasteiger partial charge in [0.15, 0.2) is 5.82 Å². The summed E-state index contributed by atoms with van der Waals surface area (Å²) in [5.74, 6) is 1.36. The molecule has 0 bridgehead atoms. The Hall–Kier alpha value is -4.58. The van der Waals surface area contributed by atoms with Crippen molar-refractivity contribution in [2.45, 2.75) is 6.61 Å². The molecule has 33 heavy (non-hydrogen) atoms. The van der Waals surface area contributed by atoms with E-state index in [0.717, 1.165) is 39.0 Å². The Morgan fingerprint density at radius 3 is 2.30 bits per heavy atom. The van der Waals surface area contributed by atoms with Crippen molar-refractivity contribution in [2.75, 3.05) is 0 Å². The first-order valence-electron chi connectivity index (χ1n) is 10.6. The van der Waals surface area contributed by atoms with E-state index in [1.54, 1.807) is 0 Å². The topological polar surface area (TPSA) is 76.6 Å². The molecule has 5 rings (SSSR count). The molecule has 0 aliphatic heterocycles. The van der Waals surface area contributed by atoms with Gasteiger partial charge in [-0.3, -0.25) is 0 Å². The summed E-state index contributed by atoms with van der Waals surface area (Å²) in [6.45, 7) is 0.423. The first kappa shape index (κ1) is 20.3. The summed E-state index contributed by atoms with van der Waals surface area (Å²) in [4.78, 5) is 4.67. The van der Waals surface area contributed by atoms with E-state index in [9.17, 15) is 0 Å². The van der Waals surface area contributed by atoms with E-state index in [2.05, 4.69) is 68.1 Å². The molecule has 160 valence electrons. The average molecular weight is 431 g/mol. The van der Waals surface area contributed by atoms with Gasteiger partial charge in [0.1, 0.15) is 12.4 Å². The second-order valence-corrected chi connectivity index (χ2v) is 7.46. The van der Waals surface area contributed by atoms with E-state index < -0.39 is 0 Å². The number of nitrogens with zero attached hydrogens (tertiary/aromatic N) is 4. The summed E-state index contributed by atoms with van der Waals surface area (Å²) in [5.41, 5.74) is 5.09. The van der Waals surface area contributed by atoms with Crippen LogP contribution in [0.1, 0.15) is 28.2 Å². The Labute approximate surface area is 191 Å². The lowest BCUT2D eigenvalue weighted by Gasteiger charge is -2.07. The number of aromatic amines is 1. The number of tetrazole rings is 1. The Bertz CT molecular complexity index is 1420. The first-order chi connectivity index (χ1) is 16.3. The number of H-pyrrole nitrogens is 1. The minimum atomic E-state index is 0.423. The van der Waals surface area contributed by atoms with E-state index in [1.807, 2.05) is 66.7 Å². The molecule has 1 N–H and O–H groups in total. The summed E-state index contributed by atoms with van der Waals surface area (Å²) >= 11 is 0. The van der Waals surface area contributed by atoms with Crippen molar-refractivity contribution in [3.05, 3.63) is 113 Å². The smallest absolute Gasteiger partial charge is 0.197 e. The molecule has 3 aromatic carbocycles. The summed E-state index contributed by atoms with van der Waals surface area (Å²) in [5, 5.41) is 15.0. The molecule has 0 saturated heterocycles. The molecule has 0 fully saturated rings.